The normalized spacial score (nSPS) is 16.0. The van der Waals surface area contributed by atoms with Gasteiger partial charge >= 0.3 is 4.87 Å². The molecule has 0 saturated carbocycles. The van der Waals surface area contributed by atoms with E-state index in [9.17, 15) is 14.3 Å². The van der Waals surface area contributed by atoms with Crippen molar-refractivity contribution in [3.05, 3.63) is 67.6 Å². The largest absolute Gasteiger partial charge is 0.494 e. The van der Waals surface area contributed by atoms with Crippen LogP contribution in [0.5, 0.6) is 17.4 Å². The molecule has 1 aliphatic carbocycles. The topological polar surface area (TPSA) is 75.2 Å². The van der Waals surface area contributed by atoms with E-state index in [1.807, 2.05) is 6.07 Å². The number of nitrogens with zero attached hydrogens (tertiary/aromatic N) is 1. The predicted molar refractivity (Wildman–Crippen MR) is 92.2 cm³/mol. The summed E-state index contributed by atoms with van der Waals surface area (Å²) >= 11 is 1.02. The number of thiazole rings is 1. The maximum absolute atomic E-state index is 13.2. The van der Waals surface area contributed by atoms with Gasteiger partial charge in [-0.15, -0.1) is 0 Å². The Morgan fingerprint density at radius 3 is 2.96 bits per heavy atom. The molecule has 2 aromatic heterocycles. The van der Waals surface area contributed by atoms with Crippen LogP contribution < -0.4 is 9.61 Å². The van der Waals surface area contributed by atoms with Crippen molar-refractivity contribution in [1.29, 1.82) is 0 Å². The molecule has 0 aliphatic heterocycles. The number of aromatic amines is 1. The van der Waals surface area contributed by atoms with Gasteiger partial charge in [0.05, 0.1) is 16.8 Å². The zero-order chi connectivity index (χ0) is 17.6. The van der Waals surface area contributed by atoms with E-state index in [2.05, 4.69) is 9.97 Å². The molecule has 2 heterocycles. The molecule has 7 heteroatoms. The molecule has 5 nitrogen and oxygen atoms in total. The van der Waals surface area contributed by atoms with Gasteiger partial charge in [0.25, 0.3) is 0 Å². The van der Waals surface area contributed by atoms with E-state index in [-0.39, 0.29) is 22.5 Å². The standard InChI is InChI=1S/C18H15FN2O3S/c1-9-6-11(19)3-5-14(9)24-12-7-10-2-4-13(15(10)20-8-12)16-17(22)21-18(23)25-16/h3,5-8,13,22H,2,4H2,1H3,(H,21,23)/t13-/m1/s1. The second-order valence-electron chi connectivity index (χ2n) is 6.05. The van der Waals surface area contributed by atoms with Crippen molar-refractivity contribution in [3.8, 4) is 17.4 Å². The van der Waals surface area contributed by atoms with E-state index >= 15 is 0 Å². The van der Waals surface area contributed by atoms with Gasteiger partial charge in [0.2, 0.25) is 5.88 Å². The van der Waals surface area contributed by atoms with Gasteiger partial charge in [-0.3, -0.25) is 14.8 Å². The number of aromatic nitrogens is 2. The Balaban J connectivity index is 1.63. The minimum Gasteiger partial charge on any atom is -0.494 e. The third kappa shape index (κ3) is 2.91. The molecule has 0 spiro atoms. The summed E-state index contributed by atoms with van der Waals surface area (Å²) in [7, 11) is 0. The van der Waals surface area contributed by atoms with Gasteiger partial charge in [0.15, 0.2) is 0 Å². The van der Waals surface area contributed by atoms with Crippen molar-refractivity contribution >= 4 is 11.3 Å². The van der Waals surface area contributed by atoms with Crippen LogP contribution in [0.4, 0.5) is 4.39 Å². The summed E-state index contributed by atoms with van der Waals surface area (Å²) in [6.45, 7) is 1.78. The zero-order valence-corrected chi connectivity index (χ0v) is 14.2. The van der Waals surface area contributed by atoms with E-state index in [1.54, 1.807) is 19.2 Å². The smallest absolute Gasteiger partial charge is 0.307 e. The van der Waals surface area contributed by atoms with Crippen molar-refractivity contribution < 1.29 is 14.2 Å². The molecule has 0 fully saturated rings. The number of hydrogen-bond acceptors (Lipinski definition) is 5. The molecular weight excluding hydrogens is 343 g/mol. The predicted octanol–water partition coefficient (Wildman–Crippen LogP) is 3.85. The molecule has 1 atom stereocenters. The molecule has 0 radical (unpaired) electrons. The number of H-pyrrole nitrogens is 1. The molecule has 0 amide bonds. The maximum atomic E-state index is 13.2. The average Bonchev–Trinajstić information content (AvgIpc) is 3.12. The Bertz CT molecular complexity index is 1010. The quantitative estimate of drug-likeness (QED) is 0.746. The number of nitrogens with one attached hydrogen (secondary N) is 1. The summed E-state index contributed by atoms with van der Waals surface area (Å²) in [5.41, 5.74) is 2.59. The van der Waals surface area contributed by atoms with Crippen LogP contribution in [0.25, 0.3) is 0 Å². The number of hydrogen-bond donors (Lipinski definition) is 2. The molecule has 0 saturated heterocycles. The number of rotatable bonds is 3. The summed E-state index contributed by atoms with van der Waals surface area (Å²) in [6, 6.07) is 6.28. The van der Waals surface area contributed by atoms with E-state index in [1.165, 1.54) is 12.1 Å². The molecular formula is C18H15FN2O3S. The number of aromatic hydroxyl groups is 1. The SMILES string of the molecule is Cc1cc(F)ccc1Oc1cnc2c(c1)CC[C@H]2c1sc(=O)[nH]c1O. The van der Waals surface area contributed by atoms with Crippen molar-refractivity contribution in [2.45, 2.75) is 25.7 Å². The fraction of sp³-hybridized carbons (Fsp3) is 0.222. The van der Waals surface area contributed by atoms with Crippen LogP contribution in [0.1, 0.15) is 34.0 Å². The minimum absolute atomic E-state index is 0.0723. The van der Waals surface area contributed by atoms with Gasteiger partial charge in [-0.05, 0) is 55.2 Å². The number of benzene rings is 1. The van der Waals surface area contributed by atoms with Gasteiger partial charge in [0.1, 0.15) is 17.3 Å². The number of pyridine rings is 1. The van der Waals surface area contributed by atoms with Crippen LogP contribution in [0, 0.1) is 12.7 Å². The summed E-state index contributed by atoms with van der Waals surface area (Å²) in [6.07, 6.45) is 3.19. The van der Waals surface area contributed by atoms with Crippen LogP contribution in [0.15, 0.2) is 35.3 Å². The van der Waals surface area contributed by atoms with Crippen LogP contribution in [0.3, 0.4) is 0 Å². The highest BCUT2D eigenvalue weighted by molar-refractivity contribution is 7.09. The first kappa shape index (κ1) is 15.8. The number of ether oxygens (including phenoxy) is 1. The molecule has 3 aromatic rings. The molecule has 25 heavy (non-hydrogen) atoms. The second kappa shape index (κ2) is 6.00. The first-order chi connectivity index (χ1) is 12.0. The van der Waals surface area contributed by atoms with Crippen LogP contribution in [-0.2, 0) is 6.42 Å². The lowest BCUT2D eigenvalue weighted by molar-refractivity contribution is 0.446. The fourth-order valence-corrected chi connectivity index (χ4v) is 4.05. The Hall–Kier alpha value is -2.67. The van der Waals surface area contributed by atoms with Crippen molar-refractivity contribution in [3.63, 3.8) is 0 Å². The summed E-state index contributed by atoms with van der Waals surface area (Å²) in [5.74, 6) is 0.710. The third-order valence-electron chi connectivity index (χ3n) is 4.35. The Labute approximate surface area is 146 Å². The van der Waals surface area contributed by atoms with E-state index in [0.29, 0.717) is 21.9 Å². The van der Waals surface area contributed by atoms with Gasteiger partial charge in [-0.1, -0.05) is 11.3 Å². The third-order valence-corrected chi connectivity index (χ3v) is 5.33. The molecule has 1 aliphatic rings. The lowest BCUT2D eigenvalue weighted by Gasteiger charge is -2.11. The summed E-state index contributed by atoms with van der Waals surface area (Å²) < 4.78 is 19.0. The molecule has 0 unspecified atom stereocenters. The van der Waals surface area contributed by atoms with Crippen molar-refractivity contribution in [2.24, 2.45) is 0 Å². The van der Waals surface area contributed by atoms with Crippen molar-refractivity contribution in [2.75, 3.05) is 0 Å². The highest BCUT2D eigenvalue weighted by Crippen LogP contribution is 2.42. The van der Waals surface area contributed by atoms with Gasteiger partial charge in [-0.25, -0.2) is 4.39 Å². The Kier molecular flexibility index (Phi) is 3.80. The lowest BCUT2D eigenvalue weighted by Crippen LogP contribution is -1.98. The Morgan fingerprint density at radius 2 is 2.24 bits per heavy atom. The Morgan fingerprint density at radius 1 is 1.40 bits per heavy atom. The maximum Gasteiger partial charge on any atom is 0.307 e. The van der Waals surface area contributed by atoms with E-state index in [4.69, 9.17) is 4.74 Å². The van der Waals surface area contributed by atoms with E-state index < -0.39 is 0 Å². The van der Waals surface area contributed by atoms with Gasteiger partial charge in [0, 0.05) is 5.92 Å². The average molecular weight is 358 g/mol. The number of aryl methyl sites for hydroxylation is 2. The van der Waals surface area contributed by atoms with Gasteiger partial charge < -0.3 is 9.84 Å². The fourth-order valence-electron chi connectivity index (χ4n) is 3.18. The van der Waals surface area contributed by atoms with Crippen LogP contribution in [-0.4, -0.2) is 15.1 Å². The lowest BCUT2D eigenvalue weighted by atomic mass is 10.1. The summed E-state index contributed by atoms with van der Waals surface area (Å²) in [5, 5.41) is 9.89. The molecule has 128 valence electrons. The first-order valence-electron chi connectivity index (χ1n) is 7.86. The molecule has 0 bridgehead atoms. The van der Waals surface area contributed by atoms with E-state index in [0.717, 1.165) is 35.4 Å². The monoisotopic (exact) mass is 358 g/mol. The highest BCUT2D eigenvalue weighted by atomic mass is 32.1. The van der Waals surface area contributed by atoms with Crippen molar-refractivity contribution in [1.82, 2.24) is 9.97 Å². The number of fused-ring (bicyclic) bond motifs is 1. The minimum atomic E-state index is -0.301. The second-order valence-corrected chi connectivity index (χ2v) is 7.06. The number of halogens is 1. The van der Waals surface area contributed by atoms with Crippen LogP contribution >= 0.6 is 11.3 Å². The van der Waals surface area contributed by atoms with Gasteiger partial charge in [-0.2, -0.15) is 0 Å². The highest BCUT2D eigenvalue weighted by Gasteiger charge is 2.30. The molecule has 2 N–H and O–H groups in total. The van der Waals surface area contributed by atoms with Crippen LogP contribution in [0.2, 0.25) is 0 Å². The molecule has 1 aromatic carbocycles. The summed E-state index contributed by atoms with van der Waals surface area (Å²) in [4.78, 5) is 18.7. The first-order valence-corrected chi connectivity index (χ1v) is 8.67. The zero-order valence-electron chi connectivity index (χ0n) is 13.4. The molecule has 4 rings (SSSR count).